The molecule has 6 heteroatoms. The van der Waals surface area contributed by atoms with Crippen molar-refractivity contribution in [2.45, 2.75) is 37.9 Å². The van der Waals surface area contributed by atoms with E-state index in [1.165, 1.54) is 0 Å². The minimum Gasteiger partial charge on any atom is -0.481 e. The smallest absolute Gasteiger partial charge is 0.305 e. The largest absolute Gasteiger partial charge is 0.481 e. The number of hydrogen-bond donors (Lipinski definition) is 2. The number of aryl methyl sites for hydroxylation is 1. The molecule has 1 rings (SSSR count). The average Bonchev–Trinajstić information content (AvgIpc) is 2.33. The van der Waals surface area contributed by atoms with Gasteiger partial charge in [0.1, 0.15) is 5.25 Å². The van der Waals surface area contributed by atoms with Gasteiger partial charge >= 0.3 is 5.97 Å². The van der Waals surface area contributed by atoms with Crippen LogP contribution in [-0.2, 0) is 21.3 Å². The fourth-order valence-electron chi connectivity index (χ4n) is 1.83. The van der Waals surface area contributed by atoms with Gasteiger partial charge in [-0.05, 0) is 24.0 Å². The van der Waals surface area contributed by atoms with Crippen molar-refractivity contribution in [1.82, 2.24) is 0 Å². The van der Waals surface area contributed by atoms with Crippen molar-refractivity contribution in [2.24, 2.45) is 0 Å². The summed E-state index contributed by atoms with van der Waals surface area (Å²) in [7, 11) is -4.42. The standard InChI is InChI=1S/C13H18O5S/c1-2-3-4-10-5-7-11(8-6-10)12(9-13(14)15)19(16,17)18/h5-8,12H,2-4,9H2,1H3,(H,14,15)(H,16,17,18). The molecule has 1 unspecified atom stereocenters. The predicted octanol–water partition coefficient (Wildman–Crippen LogP) is 2.43. The van der Waals surface area contributed by atoms with Gasteiger partial charge in [-0.15, -0.1) is 0 Å². The fourth-order valence-corrected chi connectivity index (χ4v) is 2.69. The highest BCUT2D eigenvalue weighted by Gasteiger charge is 2.27. The Morgan fingerprint density at radius 3 is 2.26 bits per heavy atom. The van der Waals surface area contributed by atoms with Gasteiger partial charge < -0.3 is 5.11 Å². The van der Waals surface area contributed by atoms with Crippen LogP contribution in [0.4, 0.5) is 0 Å². The second kappa shape index (κ2) is 6.68. The summed E-state index contributed by atoms with van der Waals surface area (Å²) in [5.74, 6) is -1.27. The molecule has 19 heavy (non-hydrogen) atoms. The molecule has 0 radical (unpaired) electrons. The van der Waals surface area contributed by atoms with Crippen molar-refractivity contribution in [2.75, 3.05) is 0 Å². The van der Waals surface area contributed by atoms with E-state index in [9.17, 15) is 13.2 Å². The molecule has 0 aliphatic heterocycles. The van der Waals surface area contributed by atoms with Crippen LogP contribution in [-0.4, -0.2) is 24.0 Å². The van der Waals surface area contributed by atoms with E-state index in [-0.39, 0.29) is 0 Å². The molecule has 0 aliphatic carbocycles. The number of aliphatic carboxylic acids is 1. The van der Waals surface area contributed by atoms with Crippen molar-refractivity contribution in [3.8, 4) is 0 Å². The second-order valence-corrected chi connectivity index (χ2v) is 6.05. The number of carboxylic acid groups (broad SMARTS) is 1. The molecule has 0 fully saturated rings. The van der Waals surface area contributed by atoms with Crippen LogP contribution in [0.2, 0.25) is 0 Å². The summed E-state index contributed by atoms with van der Waals surface area (Å²) in [5, 5.41) is 7.29. The molecule has 0 aliphatic rings. The van der Waals surface area contributed by atoms with Gasteiger partial charge in [-0.1, -0.05) is 37.6 Å². The van der Waals surface area contributed by atoms with Crippen molar-refractivity contribution < 1.29 is 22.9 Å². The van der Waals surface area contributed by atoms with Gasteiger partial charge in [-0.2, -0.15) is 8.42 Å². The van der Waals surface area contributed by atoms with Gasteiger partial charge in [0, 0.05) is 0 Å². The number of unbranched alkanes of at least 4 members (excludes halogenated alkanes) is 1. The molecule has 0 saturated heterocycles. The Balaban J connectivity index is 2.94. The van der Waals surface area contributed by atoms with Gasteiger partial charge in [0.05, 0.1) is 6.42 Å². The monoisotopic (exact) mass is 286 g/mol. The molecule has 0 bridgehead atoms. The lowest BCUT2D eigenvalue weighted by Gasteiger charge is -2.12. The van der Waals surface area contributed by atoms with Crippen molar-refractivity contribution in [3.63, 3.8) is 0 Å². The Hall–Kier alpha value is -1.40. The Labute approximate surface area is 113 Å². The van der Waals surface area contributed by atoms with Crippen LogP contribution < -0.4 is 0 Å². The third kappa shape index (κ3) is 5.00. The maximum Gasteiger partial charge on any atom is 0.305 e. The van der Waals surface area contributed by atoms with E-state index >= 15 is 0 Å². The van der Waals surface area contributed by atoms with E-state index in [0.29, 0.717) is 5.56 Å². The van der Waals surface area contributed by atoms with Crippen molar-refractivity contribution >= 4 is 16.1 Å². The lowest BCUT2D eigenvalue weighted by atomic mass is 10.0. The van der Waals surface area contributed by atoms with Crippen LogP contribution in [0.5, 0.6) is 0 Å². The second-order valence-electron chi connectivity index (χ2n) is 4.45. The molecule has 0 heterocycles. The average molecular weight is 286 g/mol. The molecule has 1 aromatic carbocycles. The number of carboxylic acids is 1. The quantitative estimate of drug-likeness (QED) is 0.751. The number of carbonyl (C=O) groups is 1. The van der Waals surface area contributed by atoms with Crippen molar-refractivity contribution in [3.05, 3.63) is 35.4 Å². The van der Waals surface area contributed by atoms with Crippen LogP contribution in [0, 0.1) is 0 Å². The molecular weight excluding hydrogens is 268 g/mol. The molecule has 5 nitrogen and oxygen atoms in total. The first-order valence-electron chi connectivity index (χ1n) is 6.11. The number of hydrogen-bond acceptors (Lipinski definition) is 3. The van der Waals surface area contributed by atoms with E-state index in [1.807, 2.05) is 0 Å². The Morgan fingerprint density at radius 1 is 1.26 bits per heavy atom. The zero-order chi connectivity index (χ0) is 14.5. The summed E-state index contributed by atoms with van der Waals surface area (Å²) in [4.78, 5) is 10.7. The lowest BCUT2D eigenvalue weighted by molar-refractivity contribution is -0.137. The van der Waals surface area contributed by atoms with Gasteiger partial charge in [-0.3, -0.25) is 9.35 Å². The summed E-state index contributed by atoms with van der Waals surface area (Å²) < 4.78 is 31.5. The minimum atomic E-state index is -4.42. The first-order valence-corrected chi connectivity index (χ1v) is 7.62. The SMILES string of the molecule is CCCCc1ccc(C(CC(=O)O)S(=O)(=O)O)cc1. The maximum absolute atomic E-state index is 11.2. The number of benzene rings is 1. The van der Waals surface area contributed by atoms with Crippen LogP contribution >= 0.6 is 0 Å². The predicted molar refractivity (Wildman–Crippen MR) is 71.6 cm³/mol. The Morgan fingerprint density at radius 2 is 1.84 bits per heavy atom. The molecule has 0 saturated carbocycles. The zero-order valence-electron chi connectivity index (χ0n) is 10.7. The maximum atomic E-state index is 11.2. The first-order chi connectivity index (χ1) is 8.84. The summed E-state index contributed by atoms with van der Waals surface area (Å²) in [6.07, 6.45) is 2.35. The summed E-state index contributed by atoms with van der Waals surface area (Å²) in [6, 6.07) is 6.66. The van der Waals surface area contributed by atoms with Gasteiger partial charge in [0.25, 0.3) is 10.1 Å². The van der Waals surface area contributed by atoms with E-state index in [2.05, 4.69) is 6.92 Å². The third-order valence-electron chi connectivity index (χ3n) is 2.89. The van der Waals surface area contributed by atoms with E-state index < -0.39 is 27.8 Å². The van der Waals surface area contributed by atoms with Crippen LogP contribution in [0.15, 0.2) is 24.3 Å². The van der Waals surface area contributed by atoms with Gasteiger partial charge in [-0.25, -0.2) is 0 Å². The zero-order valence-corrected chi connectivity index (χ0v) is 11.6. The highest BCUT2D eigenvalue weighted by molar-refractivity contribution is 7.86. The fraction of sp³-hybridized carbons (Fsp3) is 0.462. The van der Waals surface area contributed by atoms with Crippen LogP contribution in [0.1, 0.15) is 42.6 Å². The number of rotatable bonds is 7. The molecule has 0 amide bonds. The van der Waals surface area contributed by atoms with E-state index in [1.54, 1.807) is 24.3 Å². The highest BCUT2D eigenvalue weighted by Crippen LogP contribution is 2.25. The molecular formula is C13H18O5S. The first kappa shape index (κ1) is 15.7. The molecule has 0 aromatic heterocycles. The topological polar surface area (TPSA) is 91.7 Å². The van der Waals surface area contributed by atoms with Crippen LogP contribution in [0.3, 0.4) is 0 Å². The molecule has 2 N–H and O–H groups in total. The molecule has 106 valence electrons. The van der Waals surface area contributed by atoms with E-state index in [0.717, 1.165) is 24.8 Å². The van der Waals surface area contributed by atoms with Crippen molar-refractivity contribution in [1.29, 1.82) is 0 Å². The summed E-state index contributed by atoms with van der Waals surface area (Å²) in [6.45, 7) is 2.08. The molecule has 1 atom stereocenters. The summed E-state index contributed by atoms with van der Waals surface area (Å²) in [5.41, 5.74) is 1.36. The summed E-state index contributed by atoms with van der Waals surface area (Å²) >= 11 is 0. The highest BCUT2D eigenvalue weighted by atomic mass is 32.2. The molecule has 1 aromatic rings. The minimum absolute atomic E-state index is 0.296. The van der Waals surface area contributed by atoms with E-state index in [4.69, 9.17) is 9.66 Å². The van der Waals surface area contributed by atoms with Gasteiger partial charge in [0.2, 0.25) is 0 Å². The third-order valence-corrected chi connectivity index (χ3v) is 4.05. The molecule has 0 spiro atoms. The van der Waals surface area contributed by atoms with Crippen LogP contribution in [0.25, 0.3) is 0 Å². The normalized spacial score (nSPS) is 13.2. The lowest BCUT2D eigenvalue weighted by Crippen LogP contribution is -2.16. The van der Waals surface area contributed by atoms with Gasteiger partial charge in [0.15, 0.2) is 0 Å². The Bertz CT molecular complexity index is 518. The Kier molecular flexibility index (Phi) is 5.50.